The van der Waals surface area contributed by atoms with Crippen LogP contribution < -0.4 is 11.1 Å². The van der Waals surface area contributed by atoms with E-state index in [1.165, 1.54) is 25.7 Å². The van der Waals surface area contributed by atoms with Crippen LogP contribution in [0.5, 0.6) is 0 Å². The van der Waals surface area contributed by atoms with E-state index in [0.29, 0.717) is 11.1 Å². The smallest absolute Gasteiger partial charge is 0.251 e. The molecule has 0 atom stereocenters. The van der Waals surface area contributed by atoms with Gasteiger partial charge in [0.1, 0.15) is 0 Å². The van der Waals surface area contributed by atoms with E-state index in [2.05, 4.69) is 12.2 Å². The monoisotopic (exact) mass is 246 g/mol. The molecule has 1 saturated carbocycles. The Labute approximate surface area is 109 Å². The van der Waals surface area contributed by atoms with Crippen LogP contribution in [0, 0.1) is 12.3 Å². The second kappa shape index (κ2) is 5.01. The van der Waals surface area contributed by atoms with Crippen molar-refractivity contribution >= 4 is 11.6 Å². The molecule has 3 N–H and O–H groups in total. The molecule has 1 aliphatic carbocycles. The number of carbonyl (C=O) groups excluding carboxylic acids is 1. The van der Waals surface area contributed by atoms with Crippen LogP contribution in [0.3, 0.4) is 0 Å². The van der Waals surface area contributed by atoms with Gasteiger partial charge < -0.3 is 11.1 Å². The first-order chi connectivity index (χ1) is 8.56. The fourth-order valence-corrected chi connectivity index (χ4v) is 2.53. The lowest BCUT2D eigenvalue weighted by Crippen LogP contribution is -2.30. The van der Waals surface area contributed by atoms with Gasteiger partial charge in [-0.05, 0) is 55.4 Å². The number of nitrogen functional groups attached to an aromatic ring is 1. The van der Waals surface area contributed by atoms with Gasteiger partial charge in [-0.3, -0.25) is 4.79 Å². The van der Waals surface area contributed by atoms with Crippen LogP contribution in [0.4, 0.5) is 5.69 Å². The van der Waals surface area contributed by atoms with Crippen LogP contribution >= 0.6 is 0 Å². The highest BCUT2D eigenvalue weighted by Gasteiger charge is 2.41. The molecule has 0 aromatic heterocycles. The number of nitrogens with two attached hydrogens (primary N) is 1. The Morgan fingerprint density at radius 2 is 2.17 bits per heavy atom. The number of hydrogen-bond donors (Lipinski definition) is 2. The Morgan fingerprint density at radius 3 is 2.72 bits per heavy atom. The average Bonchev–Trinajstić information content (AvgIpc) is 3.07. The van der Waals surface area contributed by atoms with E-state index in [9.17, 15) is 4.79 Å². The maximum Gasteiger partial charge on any atom is 0.251 e. The highest BCUT2D eigenvalue weighted by molar-refractivity contribution is 5.96. The molecule has 98 valence electrons. The largest absolute Gasteiger partial charge is 0.399 e. The van der Waals surface area contributed by atoms with Crippen molar-refractivity contribution in [2.45, 2.75) is 39.5 Å². The van der Waals surface area contributed by atoms with E-state index in [1.54, 1.807) is 12.1 Å². The topological polar surface area (TPSA) is 55.1 Å². The second-order valence-electron chi connectivity index (χ2n) is 5.51. The number of carbonyl (C=O) groups is 1. The summed E-state index contributed by atoms with van der Waals surface area (Å²) < 4.78 is 0. The van der Waals surface area contributed by atoms with Crippen molar-refractivity contribution in [2.75, 3.05) is 12.3 Å². The zero-order chi connectivity index (χ0) is 13.2. The summed E-state index contributed by atoms with van der Waals surface area (Å²) >= 11 is 0. The quantitative estimate of drug-likeness (QED) is 0.785. The van der Waals surface area contributed by atoms with Crippen LogP contribution in [0.15, 0.2) is 18.2 Å². The molecule has 18 heavy (non-hydrogen) atoms. The van der Waals surface area contributed by atoms with Crippen molar-refractivity contribution in [3.8, 4) is 0 Å². The van der Waals surface area contributed by atoms with Gasteiger partial charge in [0.25, 0.3) is 5.91 Å². The molecule has 0 aliphatic heterocycles. The summed E-state index contributed by atoms with van der Waals surface area (Å²) in [5.74, 6) is 0.0230. The maximum atomic E-state index is 12.1. The van der Waals surface area contributed by atoms with Gasteiger partial charge in [0, 0.05) is 17.8 Å². The van der Waals surface area contributed by atoms with Gasteiger partial charge in [0.15, 0.2) is 0 Å². The number of rotatable bonds is 5. The first-order valence-corrected chi connectivity index (χ1v) is 6.71. The van der Waals surface area contributed by atoms with E-state index in [-0.39, 0.29) is 5.91 Å². The summed E-state index contributed by atoms with van der Waals surface area (Å²) in [6.07, 6.45) is 4.91. The van der Waals surface area contributed by atoms with E-state index in [4.69, 9.17) is 5.73 Å². The highest BCUT2D eigenvalue weighted by Crippen LogP contribution is 2.48. The van der Waals surface area contributed by atoms with Gasteiger partial charge in [0.05, 0.1) is 0 Å². The van der Waals surface area contributed by atoms with Gasteiger partial charge in [-0.25, -0.2) is 0 Å². The third kappa shape index (κ3) is 2.84. The van der Waals surface area contributed by atoms with Gasteiger partial charge in [-0.2, -0.15) is 0 Å². The lowest BCUT2D eigenvalue weighted by molar-refractivity contribution is 0.0943. The Morgan fingerprint density at radius 1 is 1.44 bits per heavy atom. The standard InChI is InChI=1S/C15H22N2O/c1-3-6-15(7-8-15)10-17-14(18)13-5-4-12(16)9-11(13)2/h4-5,9H,3,6-8,10,16H2,1-2H3,(H,17,18). The Balaban J connectivity index is 1.96. The summed E-state index contributed by atoms with van der Waals surface area (Å²) in [7, 11) is 0. The maximum absolute atomic E-state index is 12.1. The zero-order valence-corrected chi connectivity index (χ0v) is 11.3. The summed E-state index contributed by atoms with van der Waals surface area (Å²) in [5.41, 5.74) is 8.46. The van der Waals surface area contributed by atoms with Crippen molar-refractivity contribution in [1.82, 2.24) is 5.32 Å². The first kappa shape index (κ1) is 12.9. The van der Waals surface area contributed by atoms with Crippen molar-refractivity contribution in [2.24, 2.45) is 5.41 Å². The molecule has 2 rings (SSSR count). The molecule has 3 nitrogen and oxygen atoms in total. The van der Waals surface area contributed by atoms with Crippen molar-refractivity contribution < 1.29 is 4.79 Å². The summed E-state index contributed by atoms with van der Waals surface area (Å²) in [5, 5.41) is 3.07. The van der Waals surface area contributed by atoms with Gasteiger partial charge >= 0.3 is 0 Å². The minimum Gasteiger partial charge on any atom is -0.399 e. The second-order valence-corrected chi connectivity index (χ2v) is 5.51. The summed E-state index contributed by atoms with van der Waals surface area (Å²) in [6, 6.07) is 5.42. The highest BCUT2D eigenvalue weighted by atomic mass is 16.1. The number of aryl methyl sites for hydroxylation is 1. The van der Waals surface area contributed by atoms with Crippen LogP contribution in [0.2, 0.25) is 0 Å². The van der Waals surface area contributed by atoms with Gasteiger partial charge in [0.2, 0.25) is 0 Å². The molecule has 3 heteroatoms. The van der Waals surface area contributed by atoms with Crippen molar-refractivity contribution in [3.63, 3.8) is 0 Å². The fraction of sp³-hybridized carbons (Fsp3) is 0.533. The molecule has 0 radical (unpaired) electrons. The Hall–Kier alpha value is -1.51. The lowest BCUT2D eigenvalue weighted by Gasteiger charge is -2.15. The van der Waals surface area contributed by atoms with Crippen molar-refractivity contribution in [3.05, 3.63) is 29.3 Å². The van der Waals surface area contributed by atoms with Crippen LogP contribution in [-0.2, 0) is 0 Å². The Bertz CT molecular complexity index is 450. The molecular weight excluding hydrogens is 224 g/mol. The number of nitrogens with one attached hydrogen (secondary N) is 1. The summed E-state index contributed by atoms with van der Waals surface area (Å²) in [4.78, 5) is 12.1. The molecule has 1 aromatic carbocycles. The minimum absolute atomic E-state index is 0.0230. The van der Waals surface area contributed by atoms with E-state index < -0.39 is 0 Å². The molecule has 1 amide bonds. The molecule has 0 bridgehead atoms. The predicted octanol–water partition coefficient (Wildman–Crippen LogP) is 2.89. The van der Waals surface area contributed by atoms with Crippen molar-refractivity contribution in [1.29, 1.82) is 0 Å². The van der Waals surface area contributed by atoms with E-state index >= 15 is 0 Å². The molecule has 0 unspecified atom stereocenters. The third-order valence-electron chi connectivity index (χ3n) is 3.86. The molecular formula is C15H22N2O. The lowest BCUT2D eigenvalue weighted by atomic mass is 10.0. The SMILES string of the molecule is CCCC1(CNC(=O)c2ccc(N)cc2C)CC1. The molecule has 0 saturated heterocycles. The molecule has 1 aromatic rings. The van der Waals surface area contributed by atoms with Crippen LogP contribution in [0.25, 0.3) is 0 Å². The molecule has 1 aliphatic rings. The van der Waals surface area contributed by atoms with Crippen LogP contribution in [0.1, 0.15) is 48.5 Å². The molecule has 1 fully saturated rings. The van der Waals surface area contributed by atoms with E-state index in [0.717, 1.165) is 17.7 Å². The summed E-state index contributed by atoms with van der Waals surface area (Å²) in [6.45, 7) is 4.93. The first-order valence-electron chi connectivity index (χ1n) is 6.71. The number of amides is 1. The Kier molecular flexibility index (Phi) is 3.60. The minimum atomic E-state index is 0.0230. The average molecular weight is 246 g/mol. The number of anilines is 1. The predicted molar refractivity (Wildman–Crippen MR) is 74.5 cm³/mol. The van der Waals surface area contributed by atoms with Gasteiger partial charge in [-0.15, -0.1) is 0 Å². The number of benzene rings is 1. The molecule has 0 spiro atoms. The van der Waals surface area contributed by atoms with E-state index in [1.807, 2.05) is 13.0 Å². The third-order valence-corrected chi connectivity index (χ3v) is 3.86. The molecule has 0 heterocycles. The fourth-order valence-electron chi connectivity index (χ4n) is 2.53. The number of hydrogen-bond acceptors (Lipinski definition) is 2. The zero-order valence-electron chi connectivity index (χ0n) is 11.3. The normalized spacial score (nSPS) is 16.3. The van der Waals surface area contributed by atoms with Crippen LogP contribution in [-0.4, -0.2) is 12.5 Å². The van der Waals surface area contributed by atoms with Gasteiger partial charge in [-0.1, -0.05) is 13.3 Å².